The van der Waals surface area contributed by atoms with Crippen LogP contribution in [0.25, 0.3) is 0 Å². The van der Waals surface area contributed by atoms with Crippen LogP contribution in [0.3, 0.4) is 0 Å². The first kappa shape index (κ1) is 14.0. The average molecular weight is 368 g/mol. The Kier molecular flexibility index (Phi) is 4.95. The van der Waals surface area contributed by atoms with E-state index in [1.807, 2.05) is 0 Å². The number of nitrogens with one attached hydrogen (secondary N) is 1. The van der Waals surface area contributed by atoms with E-state index in [-0.39, 0.29) is 0 Å². The van der Waals surface area contributed by atoms with Gasteiger partial charge in [-0.05, 0) is 60.7 Å². The van der Waals surface area contributed by atoms with Crippen molar-refractivity contribution in [3.05, 3.63) is 40.2 Å². The SMILES string of the molecule is CCN(CC)c1ccc(Nc2ncc(I)cn2)cc1. The normalized spacial score (nSPS) is 10.3. The molecule has 2 aromatic rings. The van der Waals surface area contributed by atoms with Crippen molar-refractivity contribution in [2.24, 2.45) is 0 Å². The number of anilines is 3. The summed E-state index contributed by atoms with van der Waals surface area (Å²) in [6.45, 7) is 6.36. The summed E-state index contributed by atoms with van der Waals surface area (Å²) in [7, 11) is 0. The molecule has 0 amide bonds. The van der Waals surface area contributed by atoms with E-state index in [9.17, 15) is 0 Å². The molecule has 5 heteroatoms. The number of halogens is 1. The Labute approximate surface area is 127 Å². The Morgan fingerprint density at radius 2 is 1.63 bits per heavy atom. The van der Waals surface area contributed by atoms with E-state index in [2.05, 4.69) is 80.9 Å². The van der Waals surface area contributed by atoms with Gasteiger partial charge in [0.05, 0.1) is 0 Å². The topological polar surface area (TPSA) is 41.0 Å². The fraction of sp³-hybridized carbons (Fsp3) is 0.286. The van der Waals surface area contributed by atoms with Crippen molar-refractivity contribution in [3.8, 4) is 0 Å². The largest absolute Gasteiger partial charge is 0.372 e. The van der Waals surface area contributed by atoms with Gasteiger partial charge in [-0.2, -0.15) is 0 Å². The number of benzene rings is 1. The van der Waals surface area contributed by atoms with Crippen LogP contribution < -0.4 is 10.2 Å². The maximum absolute atomic E-state index is 4.22. The third kappa shape index (κ3) is 3.79. The predicted molar refractivity (Wildman–Crippen MR) is 88.0 cm³/mol. The van der Waals surface area contributed by atoms with Gasteiger partial charge in [0.15, 0.2) is 0 Å². The van der Waals surface area contributed by atoms with E-state index in [1.165, 1.54) is 5.69 Å². The number of hydrogen-bond donors (Lipinski definition) is 1. The molecule has 19 heavy (non-hydrogen) atoms. The average Bonchev–Trinajstić information content (AvgIpc) is 2.44. The van der Waals surface area contributed by atoms with Crippen LogP contribution in [-0.4, -0.2) is 23.1 Å². The summed E-state index contributed by atoms with van der Waals surface area (Å²) in [4.78, 5) is 10.8. The maximum atomic E-state index is 4.22. The summed E-state index contributed by atoms with van der Waals surface area (Å²) in [5.74, 6) is 0.621. The molecule has 1 heterocycles. The Morgan fingerprint density at radius 1 is 1.05 bits per heavy atom. The molecule has 0 saturated heterocycles. The molecule has 1 aromatic heterocycles. The van der Waals surface area contributed by atoms with Gasteiger partial charge < -0.3 is 10.2 Å². The maximum Gasteiger partial charge on any atom is 0.227 e. The minimum absolute atomic E-state index is 0.621. The van der Waals surface area contributed by atoms with Gasteiger partial charge in [0.2, 0.25) is 5.95 Å². The zero-order valence-electron chi connectivity index (χ0n) is 11.1. The molecule has 100 valence electrons. The Balaban J connectivity index is 2.08. The van der Waals surface area contributed by atoms with Gasteiger partial charge in [-0.15, -0.1) is 0 Å². The molecular formula is C14H17IN4. The number of rotatable bonds is 5. The first-order valence-corrected chi connectivity index (χ1v) is 7.40. The highest BCUT2D eigenvalue weighted by molar-refractivity contribution is 14.1. The van der Waals surface area contributed by atoms with Gasteiger partial charge in [-0.25, -0.2) is 9.97 Å². The molecule has 0 aliphatic heterocycles. The van der Waals surface area contributed by atoms with Crippen LogP contribution >= 0.6 is 22.6 Å². The second-order valence-corrected chi connectivity index (χ2v) is 5.31. The summed E-state index contributed by atoms with van der Waals surface area (Å²) in [6.07, 6.45) is 3.58. The molecule has 0 spiro atoms. The van der Waals surface area contributed by atoms with Crippen molar-refractivity contribution in [1.82, 2.24) is 9.97 Å². The Hall–Kier alpha value is -1.37. The van der Waals surface area contributed by atoms with Crippen LogP contribution in [0.2, 0.25) is 0 Å². The van der Waals surface area contributed by atoms with E-state index in [4.69, 9.17) is 0 Å². The summed E-state index contributed by atoms with van der Waals surface area (Å²) in [5, 5.41) is 3.19. The van der Waals surface area contributed by atoms with Crippen molar-refractivity contribution in [2.75, 3.05) is 23.3 Å². The van der Waals surface area contributed by atoms with Gasteiger partial charge >= 0.3 is 0 Å². The minimum Gasteiger partial charge on any atom is -0.372 e. The van der Waals surface area contributed by atoms with Crippen LogP contribution in [-0.2, 0) is 0 Å². The van der Waals surface area contributed by atoms with Crippen LogP contribution in [0, 0.1) is 3.57 Å². The Morgan fingerprint density at radius 3 is 2.16 bits per heavy atom. The highest BCUT2D eigenvalue weighted by Crippen LogP contribution is 2.19. The molecule has 0 radical (unpaired) electrons. The second kappa shape index (κ2) is 6.70. The summed E-state index contributed by atoms with van der Waals surface area (Å²) in [6, 6.07) is 8.33. The van der Waals surface area contributed by atoms with Gasteiger partial charge in [-0.1, -0.05) is 0 Å². The minimum atomic E-state index is 0.621. The third-order valence-electron chi connectivity index (χ3n) is 2.87. The van der Waals surface area contributed by atoms with Gasteiger partial charge in [0, 0.05) is 40.4 Å². The summed E-state index contributed by atoms with van der Waals surface area (Å²) >= 11 is 2.19. The van der Waals surface area contributed by atoms with E-state index in [0.29, 0.717) is 5.95 Å². The van der Waals surface area contributed by atoms with Crippen molar-refractivity contribution in [1.29, 1.82) is 0 Å². The van der Waals surface area contributed by atoms with E-state index in [1.54, 1.807) is 12.4 Å². The third-order valence-corrected chi connectivity index (χ3v) is 3.43. The van der Waals surface area contributed by atoms with E-state index >= 15 is 0 Å². The first-order chi connectivity index (χ1) is 9.22. The lowest BCUT2D eigenvalue weighted by molar-refractivity contribution is 0.866. The molecular weight excluding hydrogens is 351 g/mol. The molecule has 0 saturated carbocycles. The predicted octanol–water partition coefficient (Wildman–Crippen LogP) is 3.67. The standard InChI is InChI=1S/C14H17IN4/c1-3-19(4-2)13-7-5-12(6-8-13)18-14-16-9-11(15)10-17-14/h5-10H,3-4H2,1-2H3,(H,16,17,18). The molecule has 0 aliphatic carbocycles. The zero-order chi connectivity index (χ0) is 13.7. The molecule has 4 nitrogen and oxygen atoms in total. The monoisotopic (exact) mass is 368 g/mol. The quantitative estimate of drug-likeness (QED) is 0.818. The summed E-state index contributed by atoms with van der Waals surface area (Å²) in [5.41, 5.74) is 2.23. The second-order valence-electron chi connectivity index (χ2n) is 4.07. The highest BCUT2D eigenvalue weighted by Gasteiger charge is 2.02. The lowest BCUT2D eigenvalue weighted by atomic mass is 10.2. The van der Waals surface area contributed by atoms with E-state index in [0.717, 1.165) is 22.3 Å². The van der Waals surface area contributed by atoms with E-state index < -0.39 is 0 Å². The molecule has 1 aromatic carbocycles. The number of hydrogen-bond acceptors (Lipinski definition) is 4. The van der Waals surface area contributed by atoms with Crippen molar-refractivity contribution in [2.45, 2.75) is 13.8 Å². The fourth-order valence-corrected chi connectivity index (χ4v) is 2.13. The fourth-order valence-electron chi connectivity index (χ4n) is 1.85. The number of nitrogens with zero attached hydrogens (tertiary/aromatic N) is 3. The lowest BCUT2D eigenvalue weighted by Crippen LogP contribution is -2.21. The molecule has 2 rings (SSSR count). The van der Waals surface area contributed by atoms with Crippen molar-refractivity contribution >= 4 is 39.9 Å². The first-order valence-electron chi connectivity index (χ1n) is 6.32. The molecule has 1 N–H and O–H groups in total. The van der Waals surface area contributed by atoms with Crippen LogP contribution in [0.1, 0.15) is 13.8 Å². The van der Waals surface area contributed by atoms with Crippen LogP contribution in [0.4, 0.5) is 17.3 Å². The summed E-state index contributed by atoms with van der Waals surface area (Å²) < 4.78 is 1.03. The molecule has 0 aliphatic rings. The van der Waals surface area contributed by atoms with Crippen molar-refractivity contribution < 1.29 is 0 Å². The van der Waals surface area contributed by atoms with Crippen LogP contribution in [0.5, 0.6) is 0 Å². The Bertz CT molecular complexity index is 506. The van der Waals surface area contributed by atoms with Crippen LogP contribution in [0.15, 0.2) is 36.7 Å². The highest BCUT2D eigenvalue weighted by atomic mass is 127. The molecule has 0 atom stereocenters. The molecule has 0 unspecified atom stereocenters. The van der Waals surface area contributed by atoms with Gasteiger partial charge in [-0.3, -0.25) is 0 Å². The molecule has 0 fully saturated rings. The lowest BCUT2D eigenvalue weighted by Gasteiger charge is -2.21. The molecule has 0 bridgehead atoms. The van der Waals surface area contributed by atoms with Gasteiger partial charge in [0.25, 0.3) is 0 Å². The zero-order valence-corrected chi connectivity index (χ0v) is 13.3. The van der Waals surface area contributed by atoms with Crippen molar-refractivity contribution in [3.63, 3.8) is 0 Å². The smallest absolute Gasteiger partial charge is 0.227 e. The van der Waals surface area contributed by atoms with Gasteiger partial charge in [0.1, 0.15) is 0 Å². The number of aromatic nitrogens is 2.